The van der Waals surface area contributed by atoms with Crippen LogP contribution >= 0.6 is 0 Å². The predicted octanol–water partition coefficient (Wildman–Crippen LogP) is 1.74. The number of likely N-dealkylation sites (tertiary alicyclic amines) is 1. The van der Waals surface area contributed by atoms with Crippen molar-refractivity contribution < 1.29 is 33.4 Å². The number of hydrogen-bond acceptors (Lipinski definition) is 8. The van der Waals surface area contributed by atoms with Gasteiger partial charge in [0.2, 0.25) is 0 Å². The smallest absolute Gasteiger partial charge is 0.319 e. The molecule has 0 N–H and O–H groups in total. The maximum absolute atomic E-state index is 12.7. The normalized spacial score (nSPS) is 20.5. The summed E-state index contributed by atoms with van der Waals surface area (Å²) in [5, 5.41) is 0. The minimum Gasteiger partial charge on any atom is -0.467 e. The first-order valence-electron chi connectivity index (χ1n) is 9.88. The average molecular weight is 399 g/mol. The molecule has 0 aromatic carbocycles. The van der Waals surface area contributed by atoms with Crippen LogP contribution in [0.1, 0.15) is 52.4 Å². The van der Waals surface area contributed by atoms with Crippen molar-refractivity contribution in [2.45, 2.75) is 58.5 Å². The number of nitrogens with zero attached hydrogens (tertiary/aromatic N) is 1. The second-order valence-corrected chi connectivity index (χ2v) is 7.78. The van der Waals surface area contributed by atoms with Crippen LogP contribution in [0.5, 0.6) is 0 Å². The summed E-state index contributed by atoms with van der Waals surface area (Å²) in [5.74, 6) is -0.857. The van der Waals surface area contributed by atoms with Gasteiger partial charge in [0.25, 0.3) is 6.47 Å². The highest BCUT2D eigenvalue weighted by Gasteiger charge is 2.39. The van der Waals surface area contributed by atoms with Gasteiger partial charge in [0.05, 0.1) is 0 Å². The number of esters is 2. The molecule has 1 heterocycles. The van der Waals surface area contributed by atoms with Crippen LogP contribution < -0.4 is 0 Å². The van der Waals surface area contributed by atoms with Gasteiger partial charge < -0.3 is 23.9 Å². The lowest BCUT2D eigenvalue weighted by atomic mass is 9.92. The van der Waals surface area contributed by atoms with Gasteiger partial charge in [0.1, 0.15) is 31.0 Å². The Hall–Kier alpha value is -1.96. The van der Waals surface area contributed by atoms with E-state index in [1.54, 1.807) is 6.92 Å². The van der Waals surface area contributed by atoms with Crippen molar-refractivity contribution in [1.82, 2.24) is 4.90 Å². The van der Waals surface area contributed by atoms with Gasteiger partial charge in [0, 0.05) is 19.4 Å². The maximum Gasteiger partial charge on any atom is 0.319 e. The molecule has 1 aliphatic heterocycles. The Morgan fingerprint density at radius 2 is 2.04 bits per heavy atom. The minimum atomic E-state index is -1.26. The van der Waals surface area contributed by atoms with Crippen molar-refractivity contribution in [3.8, 4) is 0 Å². The summed E-state index contributed by atoms with van der Waals surface area (Å²) in [6, 6.07) is 0. The van der Waals surface area contributed by atoms with E-state index in [2.05, 4.69) is 4.90 Å². The summed E-state index contributed by atoms with van der Waals surface area (Å²) in [6.07, 6.45) is 4.27. The number of aldehydes is 1. The Labute approximate surface area is 166 Å². The molecule has 8 heteroatoms. The number of likely N-dealkylation sites (N-methyl/N-ethyl adjacent to an activating group) is 1. The number of carbonyl (C=O) groups excluding carboxylic acids is 4. The SMILES string of the molecule is CCC(CC=O)CCC(=O)OCC(C)(COC=O)C(=O)OC1CCCN(C)C1. The van der Waals surface area contributed by atoms with Crippen LogP contribution in [0.15, 0.2) is 0 Å². The molecule has 0 amide bonds. The van der Waals surface area contributed by atoms with E-state index in [-0.39, 0.29) is 38.1 Å². The highest BCUT2D eigenvalue weighted by molar-refractivity contribution is 5.78. The quantitative estimate of drug-likeness (QED) is 0.262. The molecular weight excluding hydrogens is 366 g/mol. The molecule has 8 nitrogen and oxygen atoms in total. The van der Waals surface area contributed by atoms with Crippen LogP contribution in [0.25, 0.3) is 0 Å². The fourth-order valence-electron chi connectivity index (χ4n) is 3.15. The third-order valence-corrected chi connectivity index (χ3v) is 5.13. The van der Waals surface area contributed by atoms with Crippen molar-refractivity contribution >= 4 is 24.7 Å². The first kappa shape index (κ1) is 24.1. The van der Waals surface area contributed by atoms with Gasteiger partial charge >= 0.3 is 11.9 Å². The summed E-state index contributed by atoms with van der Waals surface area (Å²) in [5.41, 5.74) is -1.26. The van der Waals surface area contributed by atoms with E-state index >= 15 is 0 Å². The summed E-state index contributed by atoms with van der Waals surface area (Å²) in [6.45, 7) is 4.92. The van der Waals surface area contributed by atoms with Gasteiger partial charge in [-0.2, -0.15) is 0 Å². The van der Waals surface area contributed by atoms with Crippen LogP contribution in [0.4, 0.5) is 0 Å². The first-order chi connectivity index (χ1) is 13.3. The molecule has 0 bridgehead atoms. The first-order valence-corrected chi connectivity index (χ1v) is 9.88. The van der Waals surface area contributed by atoms with E-state index in [1.807, 2.05) is 14.0 Å². The zero-order valence-electron chi connectivity index (χ0n) is 17.2. The fraction of sp³-hybridized carbons (Fsp3) is 0.800. The predicted molar refractivity (Wildman–Crippen MR) is 101 cm³/mol. The van der Waals surface area contributed by atoms with E-state index in [0.29, 0.717) is 19.4 Å². The van der Waals surface area contributed by atoms with E-state index in [1.165, 1.54) is 0 Å². The Balaban J connectivity index is 2.59. The van der Waals surface area contributed by atoms with Crippen LogP contribution in [0.2, 0.25) is 0 Å². The molecule has 3 atom stereocenters. The van der Waals surface area contributed by atoms with Gasteiger partial charge in [-0.3, -0.25) is 14.4 Å². The topological polar surface area (TPSA) is 99.2 Å². The van der Waals surface area contributed by atoms with Crippen LogP contribution in [0, 0.1) is 11.3 Å². The third-order valence-electron chi connectivity index (χ3n) is 5.13. The Kier molecular flexibility index (Phi) is 10.7. The van der Waals surface area contributed by atoms with Gasteiger partial charge in [-0.15, -0.1) is 0 Å². The van der Waals surface area contributed by atoms with E-state index in [0.717, 1.165) is 32.1 Å². The standard InChI is InChI=1S/C20H33NO7/c1-4-16(9-11-22)7-8-18(24)27-14-20(2,13-26-15-23)19(25)28-17-6-5-10-21(3)12-17/h11,15-17H,4-10,12-14H2,1-3H3. The van der Waals surface area contributed by atoms with Crippen LogP contribution in [-0.2, 0) is 33.4 Å². The average Bonchev–Trinajstić information content (AvgIpc) is 2.67. The van der Waals surface area contributed by atoms with Crippen molar-refractivity contribution in [3.05, 3.63) is 0 Å². The molecule has 0 radical (unpaired) electrons. The Morgan fingerprint density at radius 1 is 1.29 bits per heavy atom. The highest BCUT2D eigenvalue weighted by Crippen LogP contribution is 2.24. The van der Waals surface area contributed by atoms with Gasteiger partial charge in [-0.05, 0) is 45.7 Å². The lowest BCUT2D eigenvalue weighted by molar-refractivity contribution is -0.173. The maximum atomic E-state index is 12.7. The fourth-order valence-corrected chi connectivity index (χ4v) is 3.15. The second-order valence-electron chi connectivity index (χ2n) is 7.78. The molecule has 0 saturated carbocycles. The molecule has 0 aromatic heterocycles. The van der Waals surface area contributed by atoms with Gasteiger partial charge in [-0.1, -0.05) is 13.3 Å². The third kappa shape index (κ3) is 8.37. The largest absolute Gasteiger partial charge is 0.467 e. The minimum absolute atomic E-state index is 0.142. The van der Waals surface area contributed by atoms with Crippen molar-refractivity contribution in [3.63, 3.8) is 0 Å². The summed E-state index contributed by atoms with van der Waals surface area (Å²) in [7, 11) is 1.96. The number of piperidine rings is 1. The summed E-state index contributed by atoms with van der Waals surface area (Å²) >= 11 is 0. The van der Waals surface area contributed by atoms with Crippen molar-refractivity contribution in [2.24, 2.45) is 11.3 Å². The zero-order valence-corrected chi connectivity index (χ0v) is 17.2. The molecule has 0 aliphatic carbocycles. The lowest BCUT2D eigenvalue weighted by Crippen LogP contribution is -2.44. The van der Waals surface area contributed by atoms with Gasteiger partial charge in [-0.25, -0.2) is 0 Å². The Morgan fingerprint density at radius 3 is 2.64 bits per heavy atom. The summed E-state index contributed by atoms with van der Waals surface area (Å²) < 4.78 is 15.7. The monoisotopic (exact) mass is 399 g/mol. The zero-order chi connectivity index (χ0) is 21.0. The molecule has 28 heavy (non-hydrogen) atoms. The van der Waals surface area contributed by atoms with Crippen molar-refractivity contribution in [2.75, 3.05) is 33.4 Å². The molecule has 1 saturated heterocycles. The molecule has 0 aromatic rings. The summed E-state index contributed by atoms with van der Waals surface area (Å²) in [4.78, 5) is 48.1. The molecule has 160 valence electrons. The van der Waals surface area contributed by atoms with Crippen LogP contribution in [0.3, 0.4) is 0 Å². The van der Waals surface area contributed by atoms with Gasteiger partial charge in [0.15, 0.2) is 0 Å². The van der Waals surface area contributed by atoms with E-state index in [9.17, 15) is 19.2 Å². The number of rotatable bonds is 13. The number of hydrogen-bond donors (Lipinski definition) is 0. The second kappa shape index (κ2) is 12.5. The molecule has 1 aliphatic rings. The lowest BCUT2D eigenvalue weighted by Gasteiger charge is -2.33. The molecule has 1 rings (SSSR count). The molecular formula is C20H33NO7. The van der Waals surface area contributed by atoms with E-state index in [4.69, 9.17) is 14.2 Å². The van der Waals surface area contributed by atoms with Crippen LogP contribution in [-0.4, -0.2) is 69.1 Å². The molecule has 0 spiro atoms. The number of ether oxygens (including phenoxy) is 3. The highest BCUT2D eigenvalue weighted by atomic mass is 16.6. The van der Waals surface area contributed by atoms with Crippen molar-refractivity contribution in [1.29, 1.82) is 0 Å². The van der Waals surface area contributed by atoms with E-state index < -0.39 is 17.4 Å². The molecule has 1 fully saturated rings. The molecule has 3 unspecified atom stereocenters. The number of carbonyl (C=O) groups is 4. The Bertz CT molecular complexity index is 525.